The molecule has 2 rings (SSSR count). The summed E-state index contributed by atoms with van der Waals surface area (Å²) in [6.45, 7) is 0. The van der Waals surface area contributed by atoms with Gasteiger partial charge >= 0.3 is 0 Å². The lowest BCUT2D eigenvalue weighted by atomic mass is 10.00. The van der Waals surface area contributed by atoms with Crippen molar-refractivity contribution in [1.82, 2.24) is 5.48 Å². The molecule has 17 heavy (non-hydrogen) atoms. The van der Waals surface area contributed by atoms with Crippen LogP contribution in [0.15, 0.2) is 24.3 Å². The molecular formula is C12H15N3O2. The molecule has 1 fully saturated rings. The van der Waals surface area contributed by atoms with Gasteiger partial charge in [0.1, 0.15) is 12.1 Å². The highest BCUT2D eigenvalue weighted by Gasteiger charge is 2.26. The highest BCUT2D eigenvalue weighted by atomic mass is 16.7. The Morgan fingerprint density at radius 1 is 1.53 bits per heavy atom. The van der Waals surface area contributed by atoms with Crippen LogP contribution in [0.3, 0.4) is 0 Å². The monoisotopic (exact) mass is 233 g/mol. The number of amidine groups is 1. The molecule has 0 unspecified atom stereocenters. The Balaban J connectivity index is 2.03. The molecule has 4 N–H and O–H groups in total. The number of aldehydes is 1. The van der Waals surface area contributed by atoms with E-state index < -0.39 is 0 Å². The van der Waals surface area contributed by atoms with E-state index in [-0.39, 0.29) is 18.0 Å². The molecule has 5 heteroatoms. The predicted octanol–water partition coefficient (Wildman–Crippen LogP) is 0.894. The standard InChI is InChI=1S/C12H15N3O2/c13-12(14)9-3-1-8(2-4-9)11-7-10(5-6-16)17-15-11/h1-4,6,10-11,15H,5,7H2,(H3,13,14)/t10-,11-/m0/s1. The number of hydrogen-bond acceptors (Lipinski definition) is 4. The first-order valence-corrected chi connectivity index (χ1v) is 5.50. The summed E-state index contributed by atoms with van der Waals surface area (Å²) >= 11 is 0. The van der Waals surface area contributed by atoms with Gasteiger partial charge in [-0.2, -0.15) is 5.48 Å². The summed E-state index contributed by atoms with van der Waals surface area (Å²) in [6, 6.07) is 7.56. The minimum Gasteiger partial charge on any atom is -0.384 e. The summed E-state index contributed by atoms with van der Waals surface area (Å²) < 4.78 is 0. The molecule has 1 aromatic carbocycles. The van der Waals surface area contributed by atoms with Gasteiger partial charge in [0.05, 0.1) is 12.1 Å². The van der Waals surface area contributed by atoms with E-state index in [1.54, 1.807) is 0 Å². The Bertz CT molecular complexity index is 416. The van der Waals surface area contributed by atoms with Crippen molar-refractivity contribution >= 4 is 12.1 Å². The minimum atomic E-state index is -0.0509. The molecule has 0 bridgehead atoms. The molecule has 1 aromatic rings. The number of hydrogen-bond donors (Lipinski definition) is 3. The Morgan fingerprint density at radius 3 is 2.82 bits per heavy atom. The van der Waals surface area contributed by atoms with E-state index in [2.05, 4.69) is 5.48 Å². The normalized spacial score (nSPS) is 23.5. The third kappa shape index (κ3) is 2.69. The minimum absolute atomic E-state index is 0.0509. The average Bonchev–Trinajstić information content (AvgIpc) is 2.78. The number of nitrogens with two attached hydrogens (primary N) is 1. The van der Waals surface area contributed by atoms with E-state index in [9.17, 15) is 4.79 Å². The van der Waals surface area contributed by atoms with Crippen LogP contribution in [-0.2, 0) is 9.63 Å². The molecule has 0 radical (unpaired) electrons. The molecule has 1 aliphatic rings. The number of carbonyl (C=O) groups excluding carboxylic acids is 1. The van der Waals surface area contributed by atoms with Crippen molar-refractivity contribution < 1.29 is 9.63 Å². The van der Waals surface area contributed by atoms with Crippen molar-refractivity contribution in [2.24, 2.45) is 5.73 Å². The van der Waals surface area contributed by atoms with Crippen molar-refractivity contribution in [3.05, 3.63) is 35.4 Å². The van der Waals surface area contributed by atoms with Crippen LogP contribution in [0.25, 0.3) is 0 Å². The van der Waals surface area contributed by atoms with Crippen LogP contribution in [0.5, 0.6) is 0 Å². The Hall–Kier alpha value is -1.72. The highest BCUT2D eigenvalue weighted by Crippen LogP contribution is 2.26. The van der Waals surface area contributed by atoms with Crippen molar-refractivity contribution in [3.63, 3.8) is 0 Å². The van der Waals surface area contributed by atoms with Gasteiger partial charge in [-0.1, -0.05) is 24.3 Å². The molecule has 1 heterocycles. The molecule has 1 aliphatic heterocycles. The fourth-order valence-corrected chi connectivity index (χ4v) is 1.89. The van der Waals surface area contributed by atoms with Crippen molar-refractivity contribution in [2.45, 2.75) is 25.0 Å². The number of rotatable bonds is 4. The van der Waals surface area contributed by atoms with Gasteiger partial charge in [-0.05, 0) is 12.0 Å². The van der Waals surface area contributed by atoms with Gasteiger partial charge in [0.25, 0.3) is 0 Å². The third-order valence-corrected chi connectivity index (χ3v) is 2.86. The third-order valence-electron chi connectivity index (χ3n) is 2.86. The summed E-state index contributed by atoms with van der Waals surface area (Å²) in [6.07, 6.45) is 2.01. The number of benzene rings is 1. The molecule has 0 aromatic heterocycles. The van der Waals surface area contributed by atoms with Crippen molar-refractivity contribution in [2.75, 3.05) is 0 Å². The Morgan fingerprint density at radius 2 is 2.24 bits per heavy atom. The van der Waals surface area contributed by atoms with Crippen LogP contribution in [0.4, 0.5) is 0 Å². The van der Waals surface area contributed by atoms with Gasteiger partial charge in [0.2, 0.25) is 0 Å². The molecular weight excluding hydrogens is 218 g/mol. The fraction of sp³-hybridized carbons (Fsp3) is 0.333. The molecule has 0 spiro atoms. The van der Waals surface area contributed by atoms with Gasteiger partial charge in [0.15, 0.2) is 0 Å². The quantitative estimate of drug-likeness (QED) is 0.409. The van der Waals surface area contributed by atoms with E-state index in [1.807, 2.05) is 24.3 Å². The van der Waals surface area contributed by atoms with Crippen molar-refractivity contribution in [3.8, 4) is 0 Å². The number of carbonyl (C=O) groups is 1. The number of nitrogen functional groups attached to an aromatic ring is 1. The van der Waals surface area contributed by atoms with Gasteiger partial charge < -0.3 is 10.5 Å². The van der Waals surface area contributed by atoms with Gasteiger partial charge in [0, 0.05) is 12.0 Å². The topological polar surface area (TPSA) is 88.2 Å². The van der Waals surface area contributed by atoms with Crippen LogP contribution in [0.2, 0.25) is 0 Å². The summed E-state index contributed by atoms with van der Waals surface area (Å²) in [5, 5.41) is 7.30. The second kappa shape index (κ2) is 5.07. The predicted molar refractivity (Wildman–Crippen MR) is 63.5 cm³/mol. The molecule has 5 nitrogen and oxygen atoms in total. The lowest BCUT2D eigenvalue weighted by molar-refractivity contribution is -0.110. The molecule has 0 saturated carbocycles. The zero-order valence-electron chi connectivity index (χ0n) is 9.35. The number of nitrogens with one attached hydrogen (secondary N) is 2. The summed E-state index contributed by atoms with van der Waals surface area (Å²) in [4.78, 5) is 15.7. The largest absolute Gasteiger partial charge is 0.384 e. The van der Waals surface area contributed by atoms with Gasteiger partial charge in [-0.3, -0.25) is 10.2 Å². The first-order chi connectivity index (χ1) is 8.20. The average molecular weight is 233 g/mol. The summed E-state index contributed by atoms with van der Waals surface area (Å²) in [5.41, 5.74) is 10.1. The van der Waals surface area contributed by atoms with Crippen LogP contribution < -0.4 is 11.2 Å². The van der Waals surface area contributed by atoms with E-state index >= 15 is 0 Å². The number of hydroxylamine groups is 1. The lowest BCUT2D eigenvalue weighted by Gasteiger charge is -2.09. The van der Waals surface area contributed by atoms with E-state index in [1.165, 1.54) is 0 Å². The first-order valence-electron chi connectivity index (χ1n) is 5.50. The maximum atomic E-state index is 10.4. The molecule has 0 aliphatic carbocycles. The summed E-state index contributed by atoms with van der Waals surface area (Å²) in [7, 11) is 0. The Kier molecular flexibility index (Phi) is 3.51. The Labute approximate surface area is 99.4 Å². The first kappa shape index (κ1) is 11.8. The van der Waals surface area contributed by atoms with Crippen LogP contribution in [-0.4, -0.2) is 18.2 Å². The SMILES string of the molecule is N=C(N)c1ccc([C@@H]2C[C@H](CC=O)ON2)cc1. The van der Waals surface area contributed by atoms with Crippen LogP contribution >= 0.6 is 0 Å². The maximum Gasteiger partial charge on any atom is 0.122 e. The molecule has 2 atom stereocenters. The highest BCUT2D eigenvalue weighted by molar-refractivity contribution is 5.94. The fourth-order valence-electron chi connectivity index (χ4n) is 1.89. The van der Waals surface area contributed by atoms with Gasteiger partial charge in [-0.15, -0.1) is 0 Å². The van der Waals surface area contributed by atoms with Crippen LogP contribution in [0, 0.1) is 5.41 Å². The van der Waals surface area contributed by atoms with E-state index in [0.717, 1.165) is 18.3 Å². The second-order valence-electron chi connectivity index (χ2n) is 4.08. The zero-order chi connectivity index (χ0) is 12.3. The van der Waals surface area contributed by atoms with Gasteiger partial charge in [-0.25, -0.2) is 0 Å². The maximum absolute atomic E-state index is 10.4. The molecule has 1 saturated heterocycles. The summed E-state index contributed by atoms with van der Waals surface area (Å²) in [5.74, 6) is 0.0611. The lowest BCUT2D eigenvalue weighted by Crippen LogP contribution is -2.14. The van der Waals surface area contributed by atoms with Crippen LogP contribution in [0.1, 0.15) is 30.0 Å². The second-order valence-corrected chi connectivity index (χ2v) is 4.08. The van der Waals surface area contributed by atoms with E-state index in [0.29, 0.717) is 12.0 Å². The molecule has 0 amide bonds. The molecule has 90 valence electrons. The smallest absolute Gasteiger partial charge is 0.122 e. The zero-order valence-corrected chi connectivity index (χ0v) is 9.35. The van der Waals surface area contributed by atoms with Crippen molar-refractivity contribution in [1.29, 1.82) is 5.41 Å². The van der Waals surface area contributed by atoms with E-state index in [4.69, 9.17) is 16.0 Å².